The second-order valence-corrected chi connectivity index (χ2v) is 4.82. The second-order valence-electron chi connectivity index (χ2n) is 3.19. The van der Waals surface area contributed by atoms with Crippen LogP contribution in [0.2, 0.25) is 10.3 Å². The van der Waals surface area contributed by atoms with Gasteiger partial charge in [0.25, 0.3) is 0 Å². The first-order valence-corrected chi connectivity index (χ1v) is 6.11. The Kier molecular flexibility index (Phi) is 3.71. The molecule has 2 aromatic rings. The molecule has 0 fully saturated rings. The SMILES string of the molecule is Nc1cnc(Cl)nc1Nc1ccc(Cl)cc1Br. The zero-order valence-corrected chi connectivity index (χ0v) is 11.5. The molecule has 7 heteroatoms. The minimum absolute atomic E-state index is 0.131. The van der Waals surface area contributed by atoms with Crippen LogP contribution in [0.3, 0.4) is 0 Å². The quantitative estimate of drug-likeness (QED) is 0.819. The van der Waals surface area contributed by atoms with Crippen molar-refractivity contribution in [1.29, 1.82) is 0 Å². The maximum absolute atomic E-state index is 5.85. The Morgan fingerprint density at radius 2 is 2.06 bits per heavy atom. The Morgan fingerprint density at radius 3 is 2.76 bits per heavy atom. The molecular weight excluding hydrogens is 327 g/mol. The number of anilines is 3. The van der Waals surface area contributed by atoms with Gasteiger partial charge in [-0.1, -0.05) is 11.6 Å². The van der Waals surface area contributed by atoms with E-state index in [1.807, 2.05) is 6.07 Å². The van der Waals surface area contributed by atoms with Gasteiger partial charge in [-0.3, -0.25) is 0 Å². The lowest BCUT2D eigenvalue weighted by Crippen LogP contribution is -2.01. The van der Waals surface area contributed by atoms with E-state index in [0.717, 1.165) is 10.2 Å². The molecule has 0 aliphatic heterocycles. The Labute approximate surface area is 116 Å². The van der Waals surface area contributed by atoms with Crippen LogP contribution >= 0.6 is 39.1 Å². The number of rotatable bonds is 2. The van der Waals surface area contributed by atoms with Gasteiger partial charge in [-0.05, 0) is 45.7 Å². The van der Waals surface area contributed by atoms with Gasteiger partial charge in [0.15, 0.2) is 5.82 Å². The molecule has 0 amide bonds. The normalized spacial score (nSPS) is 10.3. The minimum atomic E-state index is 0.131. The fraction of sp³-hybridized carbons (Fsp3) is 0. The molecule has 0 aliphatic carbocycles. The minimum Gasteiger partial charge on any atom is -0.394 e. The molecule has 0 aliphatic rings. The van der Waals surface area contributed by atoms with E-state index in [0.29, 0.717) is 16.5 Å². The van der Waals surface area contributed by atoms with Crippen LogP contribution in [0.5, 0.6) is 0 Å². The Hall–Kier alpha value is -1.04. The van der Waals surface area contributed by atoms with Crippen LogP contribution in [0.15, 0.2) is 28.9 Å². The summed E-state index contributed by atoms with van der Waals surface area (Å²) in [4.78, 5) is 7.77. The third kappa shape index (κ3) is 3.00. The fourth-order valence-electron chi connectivity index (χ4n) is 1.19. The van der Waals surface area contributed by atoms with E-state index in [9.17, 15) is 0 Å². The van der Waals surface area contributed by atoms with Gasteiger partial charge in [-0.2, -0.15) is 4.98 Å². The van der Waals surface area contributed by atoms with Crippen molar-refractivity contribution in [2.45, 2.75) is 0 Å². The number of nitrogens with two attached hydrogens (primary N) is 1. The lowest BCUT2D eigenvalue weighted by molar-refractivity contribution is 1.17. The van der Waals surface area contributed by atoms with Crippen molar-refractivity contribution in [3.8, 4) is 0 Å². The molecule has 2 rings (SSSR count). The zero-order chi connectivity index (χ0) is 12.4. The van der Waals surface area contributed by atoms with Crippen LogP contribution in [-0.4, -0.2) is 9.97 Å². The van der Waals surface area contributed by atoms with Gasteiger partial charge in [0.05, 0.1) is 17.6 Å². The maximum atomic E-state index is 5.85. The lowest BCUT2D eigenvalue weighted by atomic mass is 10.3. The molecule has 4 nitrogen and oxygen atoms in total. The van der Waals surface area contributed by atoms with Crippen LogP contribution in [0, 0.1) is 0 Å². The van der Waals surface area contributed by atoms with E-state index >= 15 is 0 Å². The molecule has 0 saturated heterocycles. The highest BCUT2D eigenvalue weighted by Gasteiger charge is 2.06. The Morgan fingerprint density at radius 1 is 1.29 bits per heavy atom. The highest BCUT2D eigenvalue weighted by Crippen LogP contribution is 2.29. The fourth-order valence-corrected chi connectivity index (χ4v) is 2.10. The molecule has 0 bridgehead atoms. The molecule has 0 unspecified atom stereocenters. The summed E-state index contributed by atoms with van der Waals surface area (Å²) in [6, 6.07) is 5.33. The van der Waals surface area contributed by atoms with Crippen molar-refractivity contribution in [3.63, 3.8) is 0 Å². The van der Waals surface area contributed by atoms with Crippen LogP contribution in [-0.2, 0) is 0 Å². The maximum Gasteiger partial charge on any atom is 0.224 e. The number of aromatic nitrogens is 2. The summed E-state index contributed by atoms with van der Waals surface area (Å²) in [5.41, 5.74) is 6.93. The van der Waals surface area contributed by atoms with E-state index in [1.165, 1.54) is 6.20 Å². The molecule has 1 heterocycles. The first-order valence-electron chi connectivity index (χ1n) is 4.56. The largest absolute Gasteiger partial charge is 0.394 e. The highest BCUT2D eigenvalue weighted by atomic mass is 79.9. The van der Waals surface area contributed by atoms with E-state index in [2.05, 4.69) is 31.2 Å². The summed E-state index contributed by atoms with van der Waals surface area (Å²) in [6.07, 6.45) is 1.45. The van der Waals surface area contributed by atoms with Gasteiger partial charge in [0.1, 0.15) is 0 Å². The van der Waals surface area contributed by atoms with Gasteiger partial charge < -0.3 is 11.1 Å². The summed E-state index contributed by atoms with van der Waals surface area (Å²) in [5.74, 6) is 0.452. The van der Waals surface area contributed by atoms with Gasteiger partial charge in [0, 0.05) is 9.50 Å². The topological polar surface area (TPSA) is 63.8 Å². The summed E-state index contributed by atoms with van der Waals surface area (Å²) in [7, 11) is 0. The van der Waals surface area contributed by atoms with Crippen molar-refractivity contribution < 1.29 is 0 Å². The van der Waals surface area contributed by atoms with Crippen LogP contribution in [0.1, 0.15) is 0 Å². The number of nitrogens with one attached hydrogen (secondary N) is 1. The molecule has 0 saturated carbocycles. The predicted molar refractivity (Wildman–Crippen MR) is 73.9 cm³/mol. The van der Waals surface area contributed by atoms with Crippen molar-refractivity contribution >= 4 is 56.3 Å². The predicted octanol–water partition coefficient (Wildman–Crippen LogP) is 3.87. The van der Waals surface area contributed by atoms with Gasteiger partial charge in [0.2, 0.25) is 5.28 Å². The number of hydrogen-bond acceptors (Lipinski definition) is 4. The van der Waals surface area contributed by atoms with Crippen LogP contribution in [0.25, 0.3) is 0 Å². The summed E-state index contributed by atoms with van der Waals surface area (Å²) in [5, 5.41) is 3.81. The molecular formula is C10H7BrCl2N4. The molecule has 1 aromatic carbocycles. The number of benzene rings is 1. The zero-order valence-electron chi connectivity index (χ0n) is 8.42. The summed E-state index contributed by atoms with van der Waals surface area (Å²) >= 11 is 14.9. The highest BCUT2D eigenvalue weighted by molar-refractivity contribution is 9.10. The molecule has 1 aromatic heterocycles. The van der Waals surface area contributed by atoms with Gasteiger partial charge in [-0.25, -0.2) is 4.98 Å². The molecule has 0 spiro atoms. The third-order valence-electron chi connectivity index (χ3n) is 1.97. The monoisotopic (exact) mass is 332 g/mol. The number of hydrogen-bond donors (Lipinski definition) is 2. The van der Waals surface area contributed by atoms with E-state index in [4.69, 9.17) is 28.9 Å². The molecule has 88 valence electrons. The number of halogens is 3. The first-order chi connectivity index (χ1) is 8.06. The number of nitrogen functional groups attached to an aromatic ring is 1. The molecule has 0 radical (unpaired) electrons. The molecule has 0 atom stereocenters. The van der Waals surface area contributed by atoms with Crippen molar-refractivity contribution in [2.24, 2.45) is 0 Å². The first kappa shape index (κ1) is 12.4. The van der Waals surface area contributed by atoms with E-state index in [-0.39, 0.29) is 5.28 Å². The average molecular weight is 334 g/mol. The summed E-state index contributed by atoms with van der Waals surface area (Å²) < 4.78 is 0.805. The second kappa shape index (κ2) is 5.08. The van der Waals surface area contributed by atoms with Gasteiger partial charge >= 0.3 is 0 Å². The smallest absolute Gasteiger partial charge is 0.224 e. The standard InChI is InChI=1S/C10H7BrCl2N4/c11-6-3-5(12)1-2-8(6)16-9-7(14)4-15-10(13)17-9/h1-4H,14H2,(H,15,16,17). The van der Waals surface area contributed by atoms with Crippen molar-refractivity contribution in [3.05, 3.63) is 39.2 Å². The third-order valence-corrected chi connectivity index (χ3v) is 3.05. The molecule has 3 N–H and O–H groups in total. The Bertz CT molecular complexity index is 562. The van der Waals surface area contributed by atoms with E-state index in [1.54, 1.807) is 12.1 Å². The van der Waals surface area contributed by atoms with Crippen molar-refractivity contribution in [2.75, 3.05) is 11.1 Å². The van der Waals surface area contributed by atoms with Crippen LogP contribution in [0.4, 0.5) is 17.2 Å². The average Bonchev–Trinajstić information content (AvgIpc) is 2.27. The van der Waals surface area contributed by atoms with Crippen LogP contribution < -0.4 is 11.1 Å². The lowest BCUT2D eigenvalue weighted by Gasteiger charge is -2.09. The van der Waals surface area contributed by atoms with E-state index < -0.39 is 0 Å². The van der Waals surface area contributed by atoms with Gasteiger partial charge in [-0.15, -0.1) is 0 Å². The summed E-state index contributed by atoms with van der Waals surface area (Å²) in [6.45, 7) is 0. The Balaban J connectivity index is 2.34. The molecule has 17 heavy (non-hydrogen) atoms. The number of nitrogens with zero attached hydrogens (tertiary/aromatic N) is 2. The van der Waals surface area contributed by atoms with Crippen molar-refractivity contribution in [1.82, 2.24) is 9.97 Å².